The molecule has 104 valence electrons. The number of ether oxygens (including phenoxy) is 1. The smallest absolute Gasteiger partial charge is 0.307 e. The van der Waals surface area contributed by atoms with E-state index in [0.717, 1.165) is 11.3 Å². The van der Waals surface area contributed by atoms with Crippen molar-refractivity contribution in [3.8, 4) is 0 Å². The standard InChI is InChI=1S/C14H20N2O3/c1-4-19-14(18)7-9-16(3)13(17)10-12-11(2)6-5-8-15-12/h5-6,8H,4,7,9-10H2,1-3H3. The van der Waals surface area contributed by atoms with Gasteiger partial charge in [-0.2, -0.15) is 0 Å². The minimum absolute atomic E-state index is 0.0499. The molecule has 19 heavy (non-hydrogen) atoms. The summed E-state index contributed by atoms with van der Waals surface area (Å²) in [6.07, 6.45) is 2.15. The second-order valence-corrected chi connectivity index (χ2v) is 4.31. The highest BCUT2D eigenvalue weighted by atomic mass is 16.5. The molecule has 0 aliphatic heterocycles. The van der Waals surface area contributed by atoms with Gasteiger partial charge < -0.3 is 9.64 Å². The second kappa shape index (κ2) is 7.51. The quantitative estimate of drug-likeness (QED) is 0.728. The molecule has 1 aromatic rings. The number of nitrogens with zero attached hydrogens (tertiary/aromatic N) is 2. The van der Waals surface area contributed by atoms with E-state index in [1.165, 1.54) is 4.90 Å². The zero-order valence-corrected chi connectivity index (χ0v) is 11.7. The molecule has 0 aliphatic rings. The molecular formula is C14H20N2O3. The van der Waals surface area contributed by atoms with E-state index in [0.29, 0.717) is 13.2 Å². The van der Waals surface area contributed by atoms with Crippen molar-refractivity contribution in [2.45, 2.75) is 26.7 Å². The van der Waals surface area contributed by atoms with Gasteiger partial charge in [-0.1, -0.05) is 6.07 Å². The summed E-state index contributed by atoms with van der Waals surface area (Å²) in [6.45, 7) is 4.41. The van der Waals surface area contributed by atoms with E-state index in [4.69, 9.17) is 4.74 Å². The molecule has 0 bridgehead atoms. The summed E-state index contributed by atoms with van der Waals surface area (Å²) in [5.74, 6) is -0.331. The lowest BCUT2D eigenvalue weighted by atomic mass is 10.1. The summed E-state index contributed by atoms with van der Waals surface area (Å²) in [5, 5.41) is 0. The van der Waals surface area contributed by atoms with Crippen LogP contribution >= 0.6 is 0 Å². The molecule has 5 heteroatoms. The van der Waals surface area contributed by atoms with Gasteiger partial charge >= 0.3 is 5.97 Å². The van der Waals surface area contributed by atoms with Crippen LogP contribution in [0.3, 0.4) is 0 Å². The Balaban J connectivity index is 2.45. The summed E-state index contributed by atoms with van der Waals surface area (Å²) >= 11 is 0. The van der Waals surface area contributed by atoms with Gasteiger partial charge in [-0.25, -0.2) is 0 Å². The molecule has 1 rings (SSSR count). The highest BCUT2D eigenvalue weighted by Crippen LogP contribution is 2.05. The van der Waals surface area contributed by atoms with Gasteiger partial charge in [-0.15, -0.1) is 0 Å². The third-order valence-corrected chi connectivity index (χ3v) is 2.82. The molecule has 0 fully saturated rings. The van der Waals surface area contributed by atoms with Crippen molar-refractivity contribution in [2.24, 2.45) is 0 Å². The van der Waals surface area contributed by atoms with Crippen LogP contribution in [0, 0.1) is 6.92 Å². The predicted molar refractivity (Wildman–Crippen MR) is 71.6 cm³/mol. The fraction of sp³-hybridized carbons (Fsp3) is 0.500. The first-order valence-electron chi connectivity index (χ1n) is 6.34. The largest absolute Gasteiger partial charge is 0.466 e. The normalized spacial score (nSPS) is 10.1. The predicted octanol–water partition coefficient (Wildman–Crippen LogP) is 1.34. The molecule has 0 saturated carbocycles. The minimum atomic E-state index is -0.281. The fourth-order valence-electron chi connectivity index (χ4n) is 1.60. The lowest BCUT2D eigenvalue weighted by molar-refractivity contribution is -0.143. The average Bonchev–Trinajstić information content (AvgIpc) is 2.39. The molecule has 1 aromatic heterocycles. The Bertz CT molecular complexity index is 446. The maximum absolute atomic E-state index is 12.0. The maximum atomic E-state index is 12.0. The van der Waals surface area contributed by atoms with Crippen molar-refractivity contribution < 1.29 is 14.3 Å². The van der Waals surface area contributed by atoms with Crippen molar-refractivity contribution in [3.63, 3.8) is 0 Å². The van der Waals surface area contributed by atoms with Crippen molar-refractivity contribution in [2.75, 3.05) is 20.2 Å². The zero-order valence-electron chi connectivity index (χ0n) is 11.7. The summed E-state index contributed by atoms with van der Waals surface area (Å²) < 4.78 is 4.82. The molecule has 0 unspecified atom stereocenters. The Labute approximate surface area is 113 Å². The topological polar surface area (TPSA) is 59.5 Å². The van der Waals surface area contributed by atoms with E-state index < -0.39 is 0 Å². The molecule has 0 saturated heterocycles. The van der Waals surface area contributed by atoms with Crippen molar-refractivity contribution >= 4 is 11.9 Å². The Morgan fingerprint density at radius 3 is 2.79 bits per heavy atom. The highest BCUT2D eigenvalue weighted by Gasteiger charge is 2.13. The number of esters is 1. The molecule has 0 radical (unpaired) electrons. The van der Waals surface area contributed by atoms with Crippen LogP contribution in [0.5, 0.6) is 0 Å². The maximum Gasteiger partial charge on any atom is 0.307 e. The summed E-state index contributed by atoms with van der Waals surface area (Å²) in [6, 6.07) is 3.77. The van der Waals surface area contributed by atoms with Crippen LogP contribution in [-0.2, 0) is 20.7 Å². The van der Waals surface area contributed by atoms with Gasteiger partial charge in [0.15, 0.2) is 0 Å². The van der Waals surface area contributed by atoms with Crippen LogP contribution in [0.1, 0.15) is 24.6 Å². The van der Waals surface area contributed by atoms with Gasteiger partial charge in [0.1, 0.15) is 0 Å². The van der Waals surface area contributed by atoms with E-state index in [9.17, 15) is 9.59 Å². The number of amides is 1. The van der Waals surface area contributed by atoms with Gasteiger partial charge in [-0.05, 0) is 25.5 Å². The van der Waals surface area contributed by atoms with Crippen molar-refractivity contribution in [3.05, 3.63) is 29.6 Å². The number of carbonyl (C=O) groups is 2. The summed E-state index contributed by atoms with van der Waals surface area (Å²) in [5.41, 5.74) is 1.77. The van der Waals surface area contributed by atoms with Gasteiger partial charge in [-0.3, -0.25) is 14.6 Å². The summed E-state index contributed by atoms with van der Waals surface area (Å²) in [4.78, 5) is 28.9. The van der Waals surface area contributed by atoms with Gasteiger partial charge in [0.05, 0.1) is 25.1 Å². The molecule has 5 nitrogen and oxygen atoms in total. The second-order valence-electron chi connectivity index (χ2n) is 4.31. The van der Waals surface area contributed by atoms with Gasteiger partial charge in [0.25, 0.3) is 0 Å². The Morgan fingerprint density at radius 1 is 1.42 bits per heavy atom. The number of likely N-dealkylation sites (N-methyl/N-ethyl adjacent to an activating group) is 1. The van der Waals surface area contributed by atoms with E-state index in [1.807, 2.05) is 19.1 Å². The third-order valence-electron chi connectivity index (χ3n) is 2.82. The zero-order chi connectivity index (χ0) is 14.3. The molecule has 0 aliphatic carbocycles. The molecule has 0 N–H and O–H groups in total. The van der Waals surface area contributed by atoms with E-state index in [2.05, 4.69) is 4.98 Å². The molecule has 0 aromatic carbocycles. The van der Waals surface area contributed by atoms with Crippen LogP contribution in [0.2, 0.25) is 0 Å². The average molecular weight is 264 g/mol. The Morgan fingerprint density at radius 2 is 2.16 bits per heavy atom. The fourth-order valence-corrected chi connectivity index (χ4v) is 1.60. The molecule has 1 heterocycles. The third kappa shape index (κ3) is 5.07. The van der Waals surface area contributed by atoms with Crippen LogP contribution in [0.25, 0.3) is 0 Å². The van der Waals surface area contributed by atoms with E-state index in [-0.39, 0.29) is 24.7 Å². The van der Waals surface area contributed by atoms with Gasteiger partial charge in [0.2, 0.25) is 5.91 Å². The molecule has 1 amide bonds. The van der Waals surface area contributed by atoms with Crippen LogP contribution in [0.4, 0.5) is 0 Å². The number of carbonyl (C=O) groups excluding carboxylic acids is 2. The Hall–Kier alpha value is -1.91. The number of rotatable bonds is 6. The number of hydrogen-bond donors (Lipinski definition) is 0. The monoisotopic (exact) mass is 264 g/mol. The minimum Gasteiger partial charge on any atom is -0.466 e. The van der Waals surface area contributed by atoms with Crippen LogP contribution in [0.15, 0.2) is 18.3 Å². The number of hydrogen-bond acceptors (Lipinski definition) is 4. The van der Waals surface area contributed by atoms with Crippen molar-refractivity contribution in [1.82, 2.24) is 9.88 Å². The highest BCUT2D eigenvalue weighted by molar-refractivity contribution is 5.79. The van der Waals surface area contributed by atoms with Crippen LogP contribution in [-0.4, -0.2) is 42.0 Å². The lowest BCUT2D eigenvalue weighted by Gasteiger charge is -2.16. The lowest BCUT2D eigenvalue weighted by Crippen LogP contribution is -2.31. The van der Waals surface area contributed by atoms with Gasteiger partial charge in [0, 0.05) is 19.8 Å². The molecular weight excluding hydrogens is 244 g/mol. The SMILES string of the molecule is CCOC(=O)CCN(C)C(=O)Cc1ncccc1C. The number of aromatic nitrogens is 1. The Kier molecular flexibility index (Phi) is 5.99. The number of pyridine rings is 1. The molecule has 0 spiro atoms. The first-order valence-corrected chi connectivity index (χ1v) is 6.34. The van der Waals surface area contributed by atoms with Crippen LogP contribution < -0.4 is 0 Å². The van der Waals surface area contributed by atoms with E-state index in [1.54, 1.807) is 20.2 Å². The first kappa shape index (κ1) is 15.1. The van der Waals surface area contributed by atoms with E-state index >= 15 is 0 Å². The van der Waals surface area contributed by atoms with Crippen molar-refractivity contribution in [1.29, 1.82) is 0 Å². The molecule has 0 atom stereocenters. The summed E-state index contributed by atoms with van der Waals surface area (Å²) in [7, 11) is 1.68. The first-order chi connectivity index (χ1) is 9.04. The number of aryl methyl sites for hydroxylation is 1.